The van der Waals surface area contributed by atoms with E-state index in [4.69, 9.17) is 11.6 Å². The van der Waals surface area contributed by atoms with E-state index in [0.29, 0.717) is 23.7 Å². The van der Waals surface area contributed by atoms with Crippen LogP contribution in [-0.2, 0) is 32.6 Å². The molecule has 0 aliphatic carbocycles. The third kappa shape index (κ3) is 7.14. The summed E-state index contributed by atoms with van der Waals surface area (Å²) in [6, 6.07) is 21.3. The number of nitrogens with zero attached hydrogens (tertiary/aromatic N) is 2. The van der Waals surface area contributed by atoms with Gasteiger partial charge in [0.2, 0.25) is 11.8 Å². The second-order valence-electron chi connectivity index (χ2n) is 8.92. The van der Waals surface area contributed by atoms with Crippen molar-refractivity contribution in [2.45, 2.75) is 51.1 Å². The summed E-state index contributed by atoms with van der Waals surface area (Å²) >= 11 is 6.04. The number of carbonyl (C=O) groups excluding carboxylic acids is 2. The average Bonchev–Trinajstić information content (AvgIpc) is 2.94. The molecular weight excluding hydrogens is 522 g/mol. The van der Waals surface area contributed by atoms with E-state index in [1.165, 1.54) is 17.0 Å². The maximum atomic E-state index is 13.9. The van der Waals surface area contributed by atoms with Crippen LogP contribution in [0.25, 0.3) is 0 Å². The summed E-state index contributed by atoms with van der Waals surface area (Å²) in [6.07, 6.45) is 1.33. The van der Waals surface area contributed by atoms with Crippen molar-refractivity contribution in [2.24, 2.45) is 0 Å². The summed E-state index contributed by atoms with van der Waals surface area (Å²) in [5, 5.41) is 3.39. The summed E-state index contributed by atoms with van der Waals surface area (Å²) in [4.78, 5) is 28.3. The van der Waals surface area contributed by atoms with Gasteiger partial charge in [0.25, 0.3) is 10.0 Å². The molecule has 3 aromatic carbocycles. The van der Waals surface area contributed by atoms with E-state index >= 15 is 0 Å². The number of halogens is 1. The van der Waals surface area contributed by atoms with Gasteiger partial charge in [0.1, 0.15) is 12.6 Å². The number of rotatable bonds is 12. The molecule has 3 rings (SSSR count). The lowest BCUT2D eigenvalue weighted by Gasteiger charge is -2.32. The molecule has 7 nitrogen and oxygen atoms in total. The summed E-state index contributed by atoms with van der Waals surface area (Å²) in [7, 11) is -4.09. The predicted molar refractivity (Wildman–Crippen MR) is 152 cm³/mol. The van der Waals surface area contributed by atoms with E-state index in [0.717, 1.165) is 21.9 Å². The normalized spacial score (nSPS) is 12.0. The minimum Gasteiger partial charge on any atom is -0.354 e. The predicted octanol–water partition coefficient (Wildman–Crippen LogP) is 5.04. The van der Waals surface area contributed by atoms with Crippen molar-refractivity contribution >= 4 is 39.1 Å². The zero-order valence-corrected chi connectivity index (χ0v) is 23.5. The maximum Gasteiger partial charge on any atom is 0.264 e. The monoisotopic (exact) mass is 555 g/mol. The van der Waals surface area contributed by atoms with Gasteiger partial charge in [-0.3, -0.25) is 13.9 Å². The van der Waals surface area contributed by atoms with Crippen LogP contribution in [0.15, 0.2) is 83.8 Å². The van der Waals surface area contributed by atoms with Gasteiger partial charge in [-0.2, -0.15) is 0 Å². The minimum absolute atomic E-state index is 0.0803. The lowest BCUT2D eigenvalue weighted by molar-refractivity contribution is -0.139. The molecule has 0 heterocycles. The molecule has 38 heavy (non-hydrogen) atoms. The first-order valence-corrected chi connectivity index (χ1v) is 14.5. The molecule has 0 aliphatic heterocycles. The highest BCUT2D eigenvalue weighted by atomic mass is 35.5. The van der Waals surface area contributed by atoms with E-state index in [1.54, 1.807) is 61.5 Å². The Morgan fingerprint density at radius 3 is 2.18 bits per heavy atom. The van der Waals surface area contributed by atoms with E-state index in [1.807, 2.05) is 26.0 Å². The molecule has 0 radical (unpaired) electrons. The highest BCUT2D eigenvalue weighted by molar-refractivity contribution is 7.92. The number of aryl methyl sites for hydroxylation is 1. The topological polar surface area (TPSA) is 86.8 Å². The molecule has 3 aromatic rings. The second-order valence-corrected chi connectivity index (χ2v) is 11.2. The van der Waals surface area contributed by atoms with Crippen LogP contribution < -0.4 is 9.62 Å². The van der Waals surface area contributed by atoms with Crippen LogP contribution in [0.3, 0.4) is 0 Å². The van der Waals surface area contributed by atoms with Crippen LogP contribution in [0.2, 0.25) is 5.02 Å². The quantitative estimate of drug-likeness (QED) is 0.339. The van der Waals surface area contributed by atoms with Crippen molar-refractivity contribution in [2.75, 3.05) is 17.4 Å². The zero-order chi connectivity index (χ0) is 27.7. The summed E-state index contributed by atoms with van der Waals surface area (Å²) in [5.41, 5.74) is 1.99. The summed E-state index contributed by atoms with van der Waals surface area (Å²) in [5.74, 6) is -0.801. The first-order chi connectivity index (χ1) is 18.2. The Bertz CT molecular complexity index is 1330. The number of amides is 2. The zero-order valence-electron chi connectivity index (χ0n) is 21.9. The number of hydrogen-bond acceptors (Lipinski definition) is 4. The Balaban J connectivity index is 2.04. The van der Waals surface area contributed by atoms with Gasteiger partial charge in [0.05, 0.1) is 10.6 Å². The molecule has 0 aromatic heterocycles. The molecular formula is C29H34ClN3O4S. The molecule has 0 saturated heterocycles. The third-order valence-corrected chi connectivity index (χ3v) is 8.26. The van der Waals surface area contributed by atoms with E-state index in [2.05, 4.69) is 5.32 Å². The fourth-order valence-electron chi connectivity index (χ4n) is 4.05. The van der Waals surface area contributed by atoms with Gasteiger partial charge in [-0.25, -0.2) is 8.42 Å². The van der Waals surface area contributed by atoms with Crippen LogP contribution in [0.5, 0.6) is 0 Å². The summed E-state index contributed by atoms with van der Waals surface area (Å²) in [6.45, 7) is 5.65. The number of benzene rings is 3. The number of sulfonamides is 1. The van der Waals surface area contributed by atoms with Crippen LogP contribution in [0, 0.1) is 0 Å². The number of anilines is 1. The molecule has 0 unspecified atom stereocenters. The van der Waals surface area contributed by atoms with Gasteiger partial charge in [-0.15, -0.1) is 0 Å². The third-order valence-electron chi connectivity index (χ3n) is 6.23. The smallest absolute Gasteiger partial charge is 0.264 e. The molecule has 0 fully saturated rings. The van der Waals surface area contributed by atoms with Crippen LogP contribution in [-0.4, -0.2) is 44.3 Å². The van der Waals surface area contributed by atoms with Crippen molar-refractivity contribution in [1.82, 2.24) is 10.2 Å². The van der Waals surface area contributed by atoms with Crippen LogP contribution in [0.4, 0.5) is 5.69 Å². The minimum atomic E-state index is -4.09. The van der Waals surface area contributed by atoms with Crippen LogP contribution in [0.1, 0.15) is 38.3 Å². The highest BCUT2D eigenvalue weighted by Crippen LogP contribution is 2.28. The Labute approximate surface area is 230 Å². The second kappa shape index (κ2) is 13.4. The van der Waals surface area contributed by atoms with Crippen molar-refractivity contribution in [3.05, 3.63) is 95.0 Å². The van der Waals surface area contributed by atoms with Crippen molar-refractivity contribution in [3.8, 4) is 0 Å². The van der Waals surface area contributed by atoms with Crippen molar-refractivity contribution in [3.63, 3.8) is 0 Å². The maximum absolute atomic E-state index is 13.9. The first kappa shape index (κ1) is 29.2. The molecule has 0 aliphatic rings. The molecule has 0 saturated carbocycles. The molecule has 0 bridgehead atoms. The number of carbonyl (C=O) groups is 2. The molecule has 9 heteroatoms. The molecule has 0 spiro atoms. The van der Waals surface area contributed by atoms with Gasteiger partial charge < -0.3 is 10.2 Å². The summed E-state index contributed by atoms with van der Waals surface area (Å²) < 4.78 is 28.9. The fraction of sp³-hybridized carbons (Fsp3) is 0.310. The Kier molecular flexibility index (Phi) is 10.3. The van der Waals surface area contributed by atoms with Gasteiger partial charge in [0, 0.05) is 18.1 Å². The van der Waals surface area contributed by atoms with E-state index < -0.39 is 28.5 Å². The molecule has 1 atom stereocenters. The molecule has 1 N–H and O–H groups in total. The Hall–Kier alpha value is -3.36. The van der Waals surface area contributed by atoms with Gasteiger partial charge in [-0.1, -0.05) is 74.0 Å². The van der Waals surface area contributed by atoms with Crippen molar-refractivity contribution in [1.29, 1.82) is 0 Å². The molecule has 202 valence electrons. The Morgan fingerprint density at radius 1 is 0.921 bits per heavy atom. The lowest BCUT2D eigenvalue weighted by Crippen LogP contribution is -2.51. The van der Waals surface area contributed by atoms with Gasteiger partial charge in [-0.05, 0) is 61.2 Å². The Morgan fingerprint density at radius 2 is 1.55 bits per heavy atom. The number of hydrogen-bond donors (Lipinski definition) is 1. The first-order valence-electron chi connectivity index (χ1n) is 12.7. The number of para-hydroxylation sites is 1. The SMILES string of the molecule is CCCNC(=O)[C@H](C)N(Cc1ccc(Cl)cc1)C(=O)CN(c1ccccc1CC)S(=O)(=O)c1ccccc1. The number of nitrogens with one attached hydrogen (secondary N) is 1. The van der Waals surface area contributed by atoms with E-state index in [-0.39, 0.29) is 17.3 Å². The standard InChI is InChI=1S/C29H34ClN3O4S/c1-4-19-31-29(35)22(3)32(20-23-15-17-25(30)18-16-23)28(34)21-33(27-14-10-9-11-24(27)5-2)38(36,37)26-12-7-6-8-13-26/h6-18,22H,4-5,19-21H2,1-3H3,(H,31,35)/t22-/m0/s1. The van der Waals surface area contributed by atoms with Gasteiger partial charge >= 0.3 is 0 Å². The fourth-order valence-corrected chi connectivity index (χ4v) is 5.65. The average molecular weight is 556 g/mol. The van der Waals surface area contributed by atoms with Crippen LogP contribution >= 0.6 is 11.6 Å². The largest absolute Gasteiger partial charge is 0.354 e. The highest BCUT2D eigenvalue weighted by Gasteiger charge is 2.33. The molecule has 2 amide bonds. The van der Waals surface area contributed by atoms with E-state index in [9.17, 15) is 18.0 Å². The van der Waals surface area contributed by atoms with Crippen molar-refractivity contribution < 1.29 is 18.0 Å². The van der Waals surface area contributed by atoms with Gasteiger partial charge in [0.15, 0.2) is 0 Å². The lowest BCUT2D eigenvalue weighted by atomic mass is 10.1.